The van der Waals surface area contributed by atoms with E-state index in [1.54, 1.807) is 14.2 Å². The summed E-state index contributed by atoms with van der Waals surface area (Å²) in [6.07, 6.45) is 2.09. The Kier molecular flexibility index (Phi) is 5.79. The van der Waals surface area contributed by atoms with Crippen LogP contribution < -0.4 is 14.8 Å². The molecule has 21 heavy (non-hydrogen) atoms. The van der Waals surface area contributed by atoms with E-state index in [1.165, 1.54) is 12.0 Å². The van der Waals surface area contributed by atoms with Crippen LogP contribution in [0.2, 0.25) is 0 Å². The molecule has 0 bridgehead atoms. The van der Waals surface area contributed by atoms with Gasteiger partial charge in [-0.2, -0.15) is 0 Å². The van der Waals surface area contributed by atoms with Crippen LogP contribution in [0.5, 0.6) is 11.5 Å². The average Bonchev–Trinajstić information content (AvgIpc) is 2.46. The Morgan fingerprint density at radius 3 is 2.67 bits per heavy atom. The summed E-state index contributed by atoms with van der Waals surface area (Å²) in [6.45, 7) is 5.25. The zero-order chi connectivity index (χ0) is 15.2. The Morgan fingerprint density at radius 2 is 2.00 bits per heavy atom. The highest BCUT2D eigenvalue weighted by atomic mass is 32.2. The van der Waals surface area contributed by atoms with Gasteiger partial charge >= 0.3 is 0 Å². The first-order valence-electron chi connectivity index (χ1n) is 7.31. The minimum atomic E-state index is 0.515. The Balaban J connectivity index is 1.94. The predicted octanol–water partition coefficient (Wildman–Crippen LogP) is 3.11. The minimum Gasteiger partial charge on any atom is -0.493 e. The quantitative estimate of drug-likeness (QED) is 0.907. The summed E-state index contributed by atoms with van der Waals surface area (Å²) in [6, 6.07) is 6.54. The zero-order valence-electron chi connectivity index (χ0n) is 13.2. The zero-order valence-corrected chi connectivity index (χ0v) is 14.0. The second-order valence-electron chi connectivity index (χ2n) is 5.34. The lowest BCUT2D eigenvalue weighted by Gasteiger charge is -2.26. The molecule has 0 aromatic heterocycles. The normalized spacial score (nSPS) is 23.7. The van der Waals surface area contributed by atoms with E-state index >= 15 is 0 Å². The fraction of sp³-hybridized carbons (Fsp3) is 0.562. The second kappa shape index (κ2) is 7.59. The standard InChI is InChI=1S/C16H24N2O2S/c1-11-9-12(2)21-16(18-11)17-8-7-13-5-6-14(19-3)15(10-13)20-4/h5-6,10-12H,7-9H2,1-4H3,(H,17,18). The van der Waals surface area contributed by atoms with Crippen LogP contribution in [-0.4, -0.2) is 37.2 Å². The van der Waals surface area contributed by atoms with Crippen molar-refractivity contribution in [1.29, 1.82) is 0 Å². The molecule has 0 radical (unpaired) electrons. The average molecular weight is 308 g/mol. The summed E-state index contributed by atoms with van der Waals surface area (Å²) in [5, 5.41) is 5.15. The first kappa shape index (κ1) is 16.0. The molecule has 1 aliphatic rings. The third-order valence-corrected chi connectivity index (χ3v) is 4.54. The molecule has 1 aliphatic heterocycles. The largest absolute Gasteiger partial charge is 0.493 e. The van der Waals surface area contributed by atoms with E-state index in [4.69, 9.17) is 9.47 Å². The van der Waals surface area contributed by atoms with Gasteiger partial charge in [0.1, 0.15) is 0 Å². The number of nitrogens with zero attached hydrogens (tertiary/aromatic N) is 1. The molecule has 5 heteroatoms. The van der Waals surface area contributed by atoms with Crippen LogP contribution in [-0.2, 0) is 6.42 Å². The van der Waals surface area contributed by atoms with Crippen molar-refractivity contribution in [3.63, 3.8) is 0 Å². The third kappa shape index (κ3) is 4.56. The summed E-state index contributed by atoms with van der Waals surface area (Å²) >= 11 is 1.83. The van der Waals surface area contributed by atoms with Gasteiger partial charge in [0.2, 0.25) is 0 Å². The summed E-state index contributed by atoms with van der Waals surface area (Å²) in [5.41, 5.74) is 1.21. The van der Waals surface area contributed by atoms with E-state index in [1.807, 2.05) is 23.9 Å². The van der Waals surface area contributed by atoms with Gasteiger partial charge in [-0.3, -0.25) is 4.99 Å². The Bertz CT molecular complexity index is 493. The van der Waals surface area contributed by atoms with Crippen molar-refractivity contribution in [3.8, 4) is 11.5 Å². The van der Waals surface area contributed by atoms with Crippen molar-refractivity contribution < 1.29 is 9.47 Å². The number of nitrogens with one attached hydrogen (secondary N) is 1. The summed E-state index contributed by atoms with van der Waals surface area (Å²) in [5.74, 6) is 1.54. The first-order chi connectivity index (χ1) is 10.1. The van der Waals surface area contributed by atoms with Gasteiger partial charge in [-0.15, -0.1) is 0 Å². The SMILES string of the molecule is COc1ccc(CCN=C2NC(C)CC(C)S2)cc1OC. The van der Waals surface area contributed by atoms with Gasteiger partial charge in [0, 0.05) is 17.8 Å². The van der Waals surface area contributed by atoms with Crippen LogP contribution >= 0.6 is 11.8 Å². The van der Waals surface area contributed by atoms with Gasteiger partial charge in [0.05, 0.1) is 14.2 Å². The molecule has 2 rings (SSSR count). The highest BCUT2D eigenvalue weighted by Crippen LogP contribution is 2.28. The van der Waals surface area contributed by atoms with E-state index in [-0.39, 0.29) is 0 Å². The number of thioether (sulfide) groups is 1. The molecule has 0 spiro atoms. The smallest absolute Gasteiger partial charge is 0.160 e. The van der Waals surface area contributed by atoms with Gasteiger partial charge in [-0.1, -0.05) is 24.8 Å². The van der Waals surface area contributed by atoms with Crippen molar-refractivity contribution in [1.82, 2.24) is 5.32 Å². The molecule has 1 heterocycles. The molecule has 0 saturated carbocycles. The number of aliphatic imine (C=N–C) groups is 1. The monoisotopic (exact) mass is 308 g/mol. The maximum Gasteiger partial charge on any atom is 0.160 e. The molecule has 1 saturated heterocycles. The first-order valence-corrected chi connectivity index (χ1v) is 8.19. The lowest BCUT2D eigenvalue weighted by Crippen LogP contribution is -2.38. The van der Waals surface area contributed by atoms with Gasteiger partial charge < -0.3 is 14.8 Å². The van der Waals surface area contributed by atoms with Crippen LogP contribution in [0.3, 0.4) is 0 Å². The fourth-order valence-corrected chi connectivity index (χ4v) is 3.65. The van der Waals surface area contributed by atoms with Crippen molar-refractivity contribution in [2.24, 2.45) is 4.99 Å². The molecule has 116 valence electrons. The van der Waals surface area contributed by atoms with Crippen LogP contribution in [0.1, 0.15) is 25.8 Å². The third-order valence-electron chi connectivity index (χ3n) is 3.47. The number of ether oxygens (including phenoxy) is 2. The highest BCUT2D eigenvalue weighted by Gasteiger charge is 2.19. The van der Waals surface area contributed by atoms with E-state index in [0.29, 0.717) is 11.3 Å². The molecule has 0 aliphatic carbocycles. The molecule has 2 atom stereocenters. The Hall–Kier alpha value is -1.36. The van der Waals surface area contributed by atoms with E-state index in [2.05, 4.69) is 30.2 Å². The second-order valence-corrected chi connectivity index (χ2v) is 6.76. The van der Waals surface area contributed by atoms with Crippen LogP contribution in [0.15, 0.2) is 23.2 Å². The number of hydrogen-bond acceptors (Lipinski definition) is 4. The van der Waals surface area contributed by atoms with Crippen molar-refractivity contribution in [3.05, 3.63) is 23.8 Å². The summed E-state index contributed by atoms with van der Waals surface area (Å²) < 4.78 is 10.6. The Morgan fingerprint density at radius 1 is 1.24 bits per heavy atom. The molecule has 2 unspecified atom stereocenters. The number of methoxy groups -OCH3 is 2. The molecular weight excluding hydrogens is 284 g/mol. The van der Waals surface area contributed by atoms with Gasteiger partial charge in [-0.25, -0.2) is 0 Å². The molecule has 4 nitrogen and oxygen atoms in total. The number of hydrogen-bond donors (Lipinski definition) is 1. The van der Waals surface area contributed by atoms with Crippen molar-refractivity contribution in [2.75, 3.05) is 20.8 Å². The van der Waals surface area contributed by atoms with Gasteiger partial charge in [0.15, 0.2) is 16.7 Å². The van der Waals surface area contributed by atoms with E-state index < -0.39 is 0 Å². The molecule has 1 N–H and O–H groups in total. The van der Waals surface area contributed by atoms with Crippen molar-refractivity contribution >= 4 is 16.9 Å². The van der Waals surface area contributed by atoms with Crippen LogP contribution in [0.4, 0.5) is 0 Å². The molecule has 1 aromatic rings. The maximum absolute atomic E-state index is 5.32. The van der Waals surface area contributed by atoms with Gasteiger partial charge in [-0.05, 0) is 37.5 Å². The van der Waals surface area contributed by atoms with E-state index in [0.717, 1.165) is 29.6 Å². The molecule has 1 fully saturated rings. The maximum atomic E-state index is 5.32. The fourth-order valence-electron chi connectivity index (χ4n) is 2.45. The van der Waals surface area contributed by atoms with Crippen LogP contribution in [0, 0.1) is 0 Å². The lowest BCUT2D eigenvalue weighted by atomic mass is 10.1. The predicted molar refractivity (Wildman–Crippen MR) is 89.8 cm³/mol. The number of amidine groups is 1. The highest BCUT2D eigenvalue weighted by molar-refractivity contribution is 8.14. The van der Waals surface area contributed by atoms with Crippen LogP contribution in [0.25, 0.3) is 0 Å². The van der Waals surface area contributed by atoms with Gasteiger partial charge in [0.25, 0.3) is 0 Å². The summed E-state index contributed by atoms with van der Waals surface area (Å²) in [4.78, 5) is 4.67. The molecule has 0 amide bonds. The molecule has 1 aromatic carbocycles. The minimum absolute atomic E-state index is 0.515. The Labute approximate surface area is 131 Å². The lowest BCUT2D eigenvalue weighted by molar-refractivity contribution is 0.354. The van der Waals surface area contributed by atoms with Crippen molar-refractivity contribution in [2.45, 2.75) is 38.0 Å². The number of benzene rings is 1. The topological polar surface area (TPSA) is 42.8 Å². The van der Waals surface area contributed by atoms with E-state index in [9.17, 15) is 0 Å². The molecular formula is C16H24N2O2S. The number of rotatable bonds is 5. The summed E-state index contributed by atoms with van der Waals surface area (Å²) in [7, 11) is 3.31.